The minimum absolute atomic E-state index is 0.112. The van der Waals surface area contributed by atoms with Gasteiger partial charge in [-0.05, 0) is 19.9 Å². The van der Waals surface area contributed by atoms with E-state index in [0.29, 0.717) is 16.9 Å². The lowest BCUT2D eigenvalue weighted by Gasteiger charge is -2.37. The summed E-state index contributed by atoms with van der Waals surface area (Å²) in [7, 11) is 0. The molecule has 0 radical (unpaired) electrons. The number of rotatable bonds is 3. The van der Waals surface area contributed by atoms with Crippen molar-refractivity contribution in [3.05, 3.63) is 29.3 Å². The highest BCUT2D eigenvalue weighted by atomic mass is 35.5. The van der Waals surface area contributed by atoms with Gasteiger partial charge in [0, 0.05) is 26.2 Å². The molecule has 1 atom stereocenters. The van der Waals surface area contributed by atoms with Crippen molar-refractivity contribution in [3.8, 4) is 0 Å². The monoisotopic (exact) mass is 347 g/mol. The van der Waals surface area contributed by atoms with Crippen LogP contribution in [-0.4, -0.2) is 56.2 Å². The first kappa shape index (κ1) is 15.3. The predicted octanol–water partition coefficient (Wildman–Crippen LogP) is 2.19. The van der Waals surface area contributed by atoms with Gasteiger partial charge in [-0.25, -0.2) is 9.97 Å². The SMILES string of the molecule is Cc1noc([C@H](C)N2CCN(c3ncnc4[nH]c(Cl)cc34)CC2)n1. The molecule has 4 heterocycles. The molecular weight excluding hydrogens is 330 g/mol. The Bertz CT molecular complexity index is 853. The summed E-state index contributed by atoms with van der Waals surface area (Å²) in [4.78, 5) is 20.7. The number of anilines is 1. The topological polar surface area (TPSA) is 87.0 Å². The Labute approximate surface area is 143 Å². The Kier molecular flexibility index (Phi) is 3.85. The van der Waals surface area contributed by atoms with Gasteiger partial charge < -0.3 is 14.4 Å². The summed E-state index contributed by atoms with van der Waals surface area (Å²) in [5.74, 6) is 2.26. The van der Waals surface area contributed by atoms with E-state index in [1.807, 2.05) is 13.0 Å². The van der Waals surface area contributed by atoms with Crippen molar-refractivity contribution in [2.24, 2.45) is 0 Å². The van der Waals surface area contributed by atoms with E-state index in [2.05, 4.69) is 41.8 Å². The molecule has 3 aromatic rings. The Morgan fingerprint density at radius 2 is 2.04 bits per heavy atom. The van der Waals surface area contributed by atoms with E-state index in [1.54, 1.807) is 6.33 Å². The number of halogens is 1. The number of nitrogens with zero attached hydrogens (tertiary/aromatic N) is 6. The second kappa shape index (κ2) is 6.03. The summed E-state index contributed by atoms with van der Waals surface area (Å²) in [5, 5.41) is 5.41. The molecule has 0 aromatic carbocycles. The van der Waals surface area contributed by atoms with E-state index in [1.165, 1.54) is 0 Å². The molecular formula is C15H18ClN7O. The maximum atomic E-state index is 6.06. The molecule has 8 nitrogen and oxygen atoms in total. The second-order valence-corrected chi connectivity index (χ2v) is 6.36. The summed E-state index contributed by atoms with van der Waals surface area (Å²) >= 11 is 6.06. The highest BCUT2D eigenvalue weighted by Crippen LogP contribution is 2.28. The first-order valence-electron chi connectivity index (χ1n) is 7.90. The minimum Gasteiger partial charge on any atom is -0.353 e. The summed E-state index contributed by atoms with van der Waals surface area (Å²) < 4.78 is 5.30. The summed E-state index contributed by atoms with van der Waals surface area (Å²) in [5.41, 5.74) is 0.766. The van der Waals surface area contributed by atoms with E-state index in [4.69, 9.17) is 16.1 Å². The third-order valence-electron chi connectivity index (χ3n) is 4.43. The first-order chi connectivity index (χ1) is 11.6. The zero-order valence-corrected chi connectivity index (χ0v) is 14.3. The van der Waals surface area contributed by atoms with Crippen LogP contribution in [0.25, 0.3) is 11.0 Å². The number of aromatic amines is 1. The largest absolute Gasteiger partial charge is 0.353 e. The molecule has 0 aliphatic carbocycles. The van der Waals surface area contributed by atoms with Gasteiger partial charge in [0.1, 0.15) is 22.9 Å². The molecule has 4 rings (SSSR count). The van der Waals surface area contributed by atoms with Crippen molar-refractivity contribution in [2.75, 3.05) is 31.1 Å². The second-order valence-electron chi connectivity index (χ2n) is 5.96. The molecule has 0 unspecified atom stereocenters. The lowest BCUT2D eigenvalue weighted by atomic mass is 10.2. The van der Waals surface area contributed by atoms with Gasteiger partial charge in [0.25, 0.3) is 0 Å². The molecule has 1 N–H and O–H groups in total. The van der Waals surface area contributed by atoms with Gasteiger partial charge >= 0.3 is 0 Å². The smallest absolute Gasteiger partial charge is 0.243 e. The van der Waals surface area contributed by atoms with Crippen molar-refractivity contribution in [3.63, 3.8) is 0 Å². The van der Waals surface area contributed by atoms with Gasteiger partial charge in [-0.3, -0.25) is 4.90 Å². The van der Waals surface area contributed by atoms with Crippen LogP contribution in [0.4, 0.5) is 5.82 Å². The standard InChI is InChI=1S/C15H18ClN7O/c1-9(15-19-10(2)21-24-15)22-3-5-23(6-4-22)14-11-7-12(16)20-13(11)17-8-18-14/h7-9H,3-6H2,1-2H3,(H,17,18,20)/t9-/m0/s1. The van der Waals surface area contributed by atoms with E-state index in [-0.39, 0.29) is 6.04 Å². The molecule has 0 bridgehead atoms. The molecule has 1 fully saturated rings. The van der Waals surface area contributed by atoms with Crippen LogP contribution in [0, 0.1) is 6.92 Å². The number of piperazine rings is 1. The van der Waals surface area contributed by atoms with Gasteiger partial charge in [-0.1, -0.05) is 16.8 Å². The maximum absolute atomic E-state index is 6.06. The van der Waals surface area contributed by atoms with Crippen molar-refractivity contribution < 1.29 is 4.52 Å². The lowest BCUT2D eigenvalue weighted by Crippen LogP contribution is -2.47. The summed E-state index contributed by atoms with van der Waals surface area (Å²) in [6, 6.07) is 1.99. The number of fused-ring (bicyclic) bond motifs is 1. The van der Waals surface area contributed by atoms with Crippen LogP contribution in [-0.2, 0) is 0 Å². The Morgan fingerprint density at radius 3 is 2.75 bits per heavy atom. The number of aryl methyl sites for hydroxylation is 1. The Balaban J connectivity index is 1.49. The average molecular weight is 348 g/mol. The lowest BCUT2D eigenvalue weighted by molar-refractivity contribution is 0.164. The fraction of sp³-hybridized carbons (Fsp3) is 0.467. The zero-order valence-electron chi connectivity index (χ0n) is 13.5. The quantitative estimate of drug-likeness (QED) is 0.777. The van der Waals surface area contributed by atoms with Gasteiger partial charge in [0.2, 0.25) is 5.89 Å². The molecule has 0 amide bonds. The van der Waals surface area contributed by atoms with Gasteiger partial charge in [0.15, 0.2) is 5.82 Å². The van der Waals surface area contributed by atoms with Crippen molar-refractivity contribution in [2.45, 2.75) is 19.9 Å². The van der Waals surface area contributed by atoms with E-state index < -0.39 is 0 Å². The first-order valence-corrected chi connectivity index (χ1v) is 8.28. The molecule has 1 saturated heterocycles. The van der Waals surface area contributed by atoms with E-state index in [0.717, 1.165) is 43.0 Å². The van der Waals surface area contributed by atoms with Gasteiger partial charge in [0.05, 0.1) is 11.4 Å². The molecule has 0 spiro atoms. The Hall–Kier alpha value is -2.19. The fourth-order valence-corrected chi connectivity index (χ4v) is 3.31. The maximum Gasteiger partial charge on any atom is 0.243 e. The fourth-order valence-electron chi connectivity index (χ4n) is 3.11. The number of aromatic nitrogens is 5. The highest BCUT2D eigenvalue weighted by Gasteiger charge is 2.26. The number of H-pyrrole nitrogens is 1. The van der Waals surface area contributed by atoms with Crippen LogP contribution in [0.3, 0.4) is 0 Å². The van der Waals surface area contributed by atoms with E-state index >= 15 is 0 Å². The van der Waals surface area contributed by atoms with Crippen LogP contribution in [0.15, 0.2) is 16.9 Å². The molecule has 9 heteroatoms. The normalized spacial score (nSPS) is 17.5. The molecule has 126 valence electrons. The van der Waals surface area contributed by atoms with Crippen LogP contribution >= 0.6 is 11.6 Å². The number of hydrogen-bond donors (Lipinski definition) is 1. The van der Waals surface area contributed by atoms with Crippen molar-refractivity contribution >= 4 is 28.5 Å². The van der Waals surface area contributed by atoms with Crippen molar-refractivity contribution in [1.29, 1.82) is 0 Å². The summed E-state index contributed by atoms with van der Waals surface area (Å²) in [6.45, 7) is 7.45. The van der Waals surface area contributed by atoms with Crippen LogP contribution < -0.4 is 4.90 Å². The molecule has 24 heavy (non-hydrogen) atoms. The summed E-state index contributed by atoms with van der Waals surface area (Å²) in [6.07, 6.45) is 1.57. The third-order valence-corrected chi connectivity index (χ3v) is 4.64. The predicted molar refractivity (Wildman–Crippen MR) is 90.1 cm³/mol. The Morgan fingerprint density at radius 1 is 1.25 bits per heavy atom. The average Bonchev–Trinajstić information content (AvgIpc) is 3.18. The third kappa shape index (κ3) is 2.71. The molecule has 3 aromatic heterocycles. The van der Waals surface area contributed by atoms with Gasteiger partial charge in [-0.2, -0.15) is 4.98 Å². The minimum atomic E-state index is 0.112. The van der Waals surface area contributed by atoms with Crippen LogP contribution in [0.5, 0.6) is 0 Å². The van der Waals surface area contributed by atoms with Crippen molar-refractivity contribution in [1.82, 2.24) is 30.0 Å². The van der Waals surface area contributed by atoms with Crippen LogP contribution in [0.2, 0.25) is 5.15 Å². The highest BCUT2D eigenvalue weighted by molar-refractivity contribution is 6.30. The molecule has 0 saturated carbocycles. The van der Waals surface area contributed by atoms with E-state index in [9.17, 15) is 0 Å². The van der Waals surface area contributed by atoms with Gasteiger partial charge in [-0.15, -0.1) is 0 Å². The number of nitrogens with one attached hydrogen (secondary N) is 1. The molecule has 1 aliphatic heterocycles. The molecule has 1 aliphatic rings. The van der Waals surface area contributed by atoms with Crippen LogP contribution in [0.1, 0.15) is 24.7 Å². The zero-order chi connectivity index (χ0) is 16.7. The number of hydrogen-bond acceptors (Lipinski definition) is 7.